The summed E-state index contributed by atoms with van der Waals surface area (Å²) in [6.07, 6.45) is 0. The van der Waals surface area contributed by atoms with Crippen LogP contribution >= 0.6 is 0 Å². The lowest BCUT2D eigenvalue weighted by Gasteiger charge is -2.45. The van der Waals surface area contributed by atoms with Crippen molar-refractivity contribution in [2.24, 2.45) is 0 Å². The van der Waals surface area contributed by atoms with E-state index in [4.69, 9.17) is 0 Å². The van der Waals surface area contributed by atoms with Crippen LogP contribution in [0.2, 0.25) is 0 Å². The molecule has 0 N–H and O–H groups in total. The van der Waals surface area contributed by atoms with Gasteiger partial charge in [-0.25, -0.2) is 0 Å². The maximum absolute atomic E-state index is 2.62. The van der Waals surface area contributed by atoms with E-state index in [0.717, 1.165) is 0 Å². The number of hydrogen-bond acceptors (Lipinski definition) is 2. The van der Waals surface area contributed by atoms with Crippen LogP contribution in [0.3, 0.4) is 0 Å². The molecule has 6 aromatic rings. The summed E-state index contributed by atoms with van der Waals surface area (Å²) in [6.45, 7) is 42.1. The Morgan fingerprint density at radius 2 is 0.698 bits per heavy atom. The number of rotatable bonds is 3. The molecular weight excluding hydrogens is 759 g/mol. The van der Waals surface area contributed by atoms with Gasteiger partial charge >= 0.3 is 0 Å². The average Bonchev–Trinajstić information content (AvgIpc) is 3.18. The minimum Gasteiger partial charge on any atom is -0.311 e. The molecule has 0 unspecified atom stereocenters. The van der Waals surface area contributed by atoms with Gasteiger partial charge in [0, 0.05) is 34.0 Å². The van der Waals surface area contributed by atoms with Crippen molar-refractivity contribution >= 4 is 57.2 Å². The summed E-state index contributed by atoms with van der Waals surface area (Å²) >= 11 is 0. The van der Waals surface area contributed by atoms with E-state index in [0.29, 0.717) is 0 Å². The van der Waals surface area contributed by atoms with Gasteiger partial charge in [0.15, 0.2) is 0 Å². The summed E-state index contributed by atoms with van der Waals surface area (Å²) in [7, 11) is 0. The maximum atomic E-state index is 2.62. The highest BCUT2D eigenvalue weighted by atomic mass is 15.2. The average molecular weight is 833 g/mol. The number of hydrogen-bond donors (Lipinski definition) is 0. The summed E-state index contributed by atoms with van der Waals surface area (Å²) < 4.78 is 0. The van der Waals surface area contributed by atoms with Crippen molar-refractivity contribution in [1.29, 1.82) is 0 Å². The molecule has 3 heteroatoms. The molecule has 0 spiro atoms. The molecule has 8 rings (SSSR count). The molecule has 326 valence electrons. The molecule has 2 aliphatic heterocycles. The van der Waals surface area contributed by atoms with Gasteiger partial charge in [0.2, 0.25) is 0 Å². The van der Waals surface area contributed by atoms with Crippen LogP contribution in [0.1, 0.15) is 158 Å². The van der Waals surface area contributed by atoms with Gasteiger partial charge in [-0.15, -0.1) is 0 Å². The molecule has 0 bridgehead atoms. The second-order valence-electron chi connectivity index (χ2n) is 24.9. The molecule has 0 saturated carbocycles. The Labute approximate surface area is 382 Å². The molecule has 0 amide bonds. The Morgan fingerprint density at radius 1 is 0.317 bits per heavy atom. The molecule has 2 heterocycles. The van der Waals surface area contributed by atoms with Crippen LogP contribution in [0.4, 0.5) is 34.1 Å². The molecule has 2 aliphatic rings. The summed E-state index contributed by atoms with van der Waals surface area (Å²) in [5.74, 6) is 0. The minimum absolute atomic E-state index is 0.0119. The molecule has 0 aliphatic carbocycles. The van der Waals surface area contributed by atoms with Gasteiger partial charge in [-0.1, -0.05) is 191 Å². The SMILES string of the molecule is CC(C)(C)c1ccc(N2c3ccc(C(C)(C)C)cc3B3c4cc(C(C)(C)C)ccc4N(c4ccc(C(C)(C)C)cc4-c4cc(C(C)(C)C)cc(C(C)(C)C)c4)c4cccc2c43)cc1. The van der Waals surface area contributed by atoms with Crippen LogP contribution in [0.25, 0.3) is 11.1 Å². The standard InChI is InChI=1S/C60H73BN2/c1-55(2,3)39-22-27-45(28-23-39)62-50-30-25-41(57(7,8)9)36-47(50)61-48-37-42(58(10,11)12)26-31-51(48)63(53-21-19-20-52(62)54(53)61)49-29-24-40(56(4,5)6)35-46(49)38-32-43(59(13,14)15)34-44(33-38)60(16,17)18/h19-37H,1-18H3. The van der Waals surface area contributed by atoms with Crippen molar-refractivity contribution in [2.45, 2.75) is 157 Å². The van der Waals surface area contributed by atoms with Crippen LogP contribution in [-0.2, 0) is 32.5 Å². The fourth-order valence-electron chi connectivity index (χ4n) is 9.60. The van der Waals surface area contributed by atoms with Crippen LogP contribution in [0.15, 0.2) is 115 Å². The van der Waals surface area contributed by atoms with Crippen LogP contribution < -0.4 is 26.2 Å². The van der Waals surface area contributed by atoms with E-state index in [2.05, 4.69) is 250 Å². The molecule has 63 heavy (non-hydrogen) atoms. The van der Waals surface area contributed by atoms with Crippen LogP contribution in [-0.4, -0.2) is 6.71 Å². The molecule has 0 fully saturated rings. The van der Waals surface area contributed by atoms with Gasteiger partial charge in [-0.05, 0) is 136 Å². The van der Waals surface area contributed by atoms with E-state index in [1.165, 1.54) is 95.0 Å². The highest BCUT2D eigenvalue weighted by Crippen LogP contribution is 2.49. The largest absolute Gasteiger partial charge is 0.311 e. The van der Waals surface area contributed by atoms with E-state index >= 15 is 0 Å². The van der Waals surface area contributed by atoms with Crippen molar-refractivity contribution in [1.82, 2.24) is 0 Å². The second kappa shape index (κ2) is 14.8. The monoisotopic (exact) mass is 833 g/mol. The fourth-order valence-corrected chi connectivity index (χ4v) is 9.60. The predicted octanol–water partition coefficient (Wildman–Crippen LogP) is 15.2. The Bertz CT molecular complexity index is 2690. The van der Waals surface area contributed by atoms with E-state index < -0.39 is 0 Å². The van der Waals surface area contributed by atoms with Crippen molar-refractivity contribution in [3.63, 3.8) is 0 Å². The van der Waals surface area contributed by atoms with E-state index in [1.54, 1.807) is 0 Å². The minimum atomic E-state index is -0.0301. The third-order valence-corrected chi connectivity index (χ3v) is 13.8. The van der Waals surface area contributed by atoms with Gasteiger partial charge in [0.25, 0.3) is 6.71 Å². The number of nitrogens with zero attached hydrogens (tertiary/aromatic N) is 2. The summed E-state index contributed by atoms with van der Waals surface area (Å²) in [5.41, 5.74) is 22.1. The Kier molecular flexibility index (Phi) is 10.4. The van der Waals surface area contributed by atoms with Crippen LogP contribution in [0, 0.1) is 0 Å². The Balaban J connectivity index is 1.49. The molecule has 6 aromatic carbocycles. The van der Waals surface area contributed by atoms with Gasteiger partial charge in [-0.3, -0.25) is 0 Å². The first-order valence-electron chi connectivity index (χ1n) is 23.5. The Hall–Kier alpha value is -5.02. The quantitative estimate of drug-likeness (QED) is 0.164. The predicted molar refractivity (Wildman–Crippen MR) is 278 cm³/mol. The van der Waals surface area contributed by atoms with E-state index in [1.807, 2.05) is 0 Å². The van der Waals surface area contributed by atoms with Gasteiger partial charge in [0.1, 0.15) is 0 Å². The molecule has 0 atom stereocenters. The lowest BCUT2D eigenvalue weighted by atomic mass is 9.33. The zero-order chi connectivity index (χ0) is 46.0. The van der Waals surface area contributed by atoms with Gasteiger partial charge < -0.3 is 9.80 Å². The smallest absolute Gasteiger partial charge is 0.252 e. The molecule has 0 radical (unpaired) electrons. The molecule has 0 aromatic heterocycles. The first kappa shape index (κ1) is 44.6. The third kappa shape index (κ3) is 8.08. The van der Waals surface area contributed by atoms with Crippen molar-refractivity contribution in [3.8, 4) is 11.1 Å². The van der Waals surface area contributed by atoms with Gasteiger partial charge in [0.05, 0.1) is 5.69 Å². The third-order valence-electron chi connectivity index (χ3n) is 13.8. The lowest BCUT2D eigenvalue weighted by Crippen LogP contribution is -2.61. The number of fused-ring (bicyclic) bond motifs is 4. The molecule has 2 nitrogen and oxygen atoms in total. The second-order valence-corrected chi connectivity index (χ2v) is 24.9. The molecular formula is C60H73BN2. The zero-order valence-corrected chi connectivity index (χ0v) is 41.9. The zero-order valence-electron chi connectivity index (χ0n) is 41.9. The van der Waals surface area contributed by atoms with Crippen molar-refractivity contribution in [3.05, 3.63) is 149 Å². The summed E-state index contributed by atoms with van der Waals surface area (Å²) in [6, 6.07) is 45.8. The van der Waals surface area contributed by atoms with Crippen molar-refractivity contribution < 1.29 is 0 Å². The highest BCUT2D eigenvalue weighted by molar-refractivity contribution is 7.00. The molecule has 0 saturated heterocycles. The van der Waals surface area contributed by atoms with Crippen molar-refractivity contribution in [2.75, 3.05) is 9.80 Å². The van der Waals surface area contributed by atoms with E-state index in [-0.39, 0.29) is 39.2 Å². The topological polar surface area (TPSA) is 6.48 Å². The Morgan fingerprint density at radius 3 is 1.14 bits per heavy atom. The highest BCUT2D eigenvalue weighted by Gasteiger charge is 2.44. The van der Waals surface area contributed by atoms with E-state index in [9.17, 15) is 0 Å². The first-order chi connectivity index (χ1) is 29.0. The normalized spacial score (nSPS) is 14.4. The summed E-state index contributed by atoms with van der Waals surface area (Å²) in [5, 5.41) is 0. The number of benzene rings is 6. The maximum Gasteiger partial charge on any atom is 0.252 e. The fraction of sp³-hybridized carbons (Fsp3) is 0.400. The van der Waals surface area contributed by atoms with Gasteiger partial charge in [-0.2, -0.15) is 0 Å². The van der Waals surface area contributed by atoms with Crippen LogP contribution in [0.5, 0.6) is 0 Å². The lowest BCUT2D eigenvalue weighted by molar-refractivity contribution is 0.569. The number of anilines is 6. The summed E-state index contributed by atoms with van der Waals surface area (Å²) in [4.78, 5) is 5.17. The first-order valence-corrected chi connectivity index (χ1v) is 23.5.